The van der Waals surface area contributed by atoms with Gasteiger partial charge in [-0.15, -0.1) is 13.2 Å². The number of halogens is 4. The van der Waals surface area contributed by atoms with Crippen LogP contribution in [0.15, 0.2) is 29.1 Å². The molecule has 0 aliphatic rings. The lowest BCUT2D eigenvalue weighted by Gasteiger charge is -2.12. The van der Waals surface area contributed by atoms with Crippen LogP contribution in [0.25, 0.3) is 11.1 Å². The van der Waals surface area contributed by atoms with Crippen molar-refractivity contribution in [3.05, 3.63) is 49.4 Å². The van der Waals surface area contributed by atoms with Crippen LogP contribution in [0.2, 0.25) is 0 Å². The Morgan fingerprint density at radius 2 is 2.00 bits per heavy atom. The van der Waals surface area contributed by atoms with Gasteiger partial charge in [-0.1, -0.05) is 6.07 Å². The Morgan fingerprint density at radius 1 is 1.32 bits per heavy atom. The summed E-state index contributed by atoms with van der Waals surface area (Å²) in [5.74, 6) is -0.382. The minimum Gasteiger partial charge on any atom is -0.405 e. The second-order valence-corrected chi connectivity index (χ2v) is 5.54. The zero-order valence-electron chi connectivity index (χ0n) is 11.1. The summed E-state index contributed by atoms with van der Waals surface area (Å²) in [5.41, 5.74) is 0.299. The number of ether oxygens (including phenoxy) is 1. The van der Waals surface area contributed by atoms with E-state index in [0.717, 1.165) is 6.07 Å². The lowest BCUT2D eigenvalue weighted by molar-refractivity contribution is -0.274. The number of pyridine rings is 1. The van der Waals surface area contributed by atoms with Gasteiger partial charge in [0, 0.05) is 11.3 Å². The number of nitrogens with zero attached hydrogens (tertiary/aromatic N) is 1. The van der Waals surface area contributed by atoms with E-state index in [0.29, 0.717) is 11.3 Å². The van der Waals surface area contributed by atoms with E-state index in [2.05, 4.69) is 9.72 Å². The van der Waals surface area contributed by atoms with E-state index < -0.39 is 11.9 Å². The van der Waals surface area contributed by atoms with Crippen LogP contribution >= 0.6 is 22.6 Å². The van der Waals surface area contributed by atoms with E-state index in [1.165, 1.54) is 18.2 Å². The summed E-state index contributed by atoms with van der Waals surface area (Å²) in [7, 11) is 0. The van der Waals surface area contributed by atoms with Gasteiger partial charge in [0.2, 0.25) is 0 Å². The predicted octanol–water partition coefficient (Wildman–Crippen LogP) is 3.73. The Kier molecular flexibility index (Phi) is 4.46. The van der Waals surface area contributed by atoms with E-state index in [9.17, 15) is 18.0 Å². The molecular formula is C14H8F3IN2O2. The number of alkyl halides is 3. The Morgan fingerprint density at radius 3 is 2.59 bits per heavy atom. The first-order valence-corrected chi connectivity index (χ1v) is 6.99. The van der Waals surface area contributed by atoms with Crippen molar-refractivity contribution in [3.8, 4) is 22.9 Å². The van der Waals surface area contributed by atoms with Crippen molar-refractivity contribution >= 4 is 22.6 Å². The summed E-state index contributed by atoms with van der Waals surface area (Å²) in [6, 6.07) is 7.40. The van der Waals surface area contributed by atoms with Crippen LogP contribution in [-0.2, 0) is 0 Å². The lowest BCUT2D eigenvalue weighted by atomic mass is 10.0. The molecule has 0 spiro atoms. The molecule has 22 heavy (non-hydrogen) atoms. The standard InChI is InChI=1S/C14H8F3IN2O2/c1-7-4-9(10(6-19)13(21)20-7)8-2-3-11(18)12(5-8)22-14(15,16)17/h2-5H,1H3,(H,20,21). The molecule has 0 bridgehead atoms. The second kappa shape index (κ2) is 6.00. The zero-order valence-corrected chi connectivity index (χ0v) is 13.2. The van der Waals surface area contributed by atoms with Crippen LogP contribution in [0.1, 0.15) is 11.3 Å². The summed E-state index contributed by atoms with van der Waals surface area (Å²) in [5, 5.41) is 9.08. The van der Waals surface area contributed by atoms with Gasteiger partial charge in [-0.05, 0) is 53.3 Å². The molecule has 2 rings (SSSR count). The predicted molar refractivity (Wildman–Crippen MR) is 81.4 cm³/mol. The fourth-order valence-electron chi connectivity index (χ4n) is 1.90. The van der Waals surface area contributed by atoms with Crippen molar-refractivity contribution < 1.29 is 17.9 Å². The van der Waals surface area contributed by atoms with Crippen LogP contribution in [-0.4, -0.2) is 11.3 Å². The van der Waals surface area contributed by atoms with Crippen LogP contribution < -0.4 is 10.3 Å². The maximum atomic E-state index is 12.4. The molecular weight excluding hydrogens is 412 g/mol. The third-order valence-electron chi connectivity index (χ3n) is 2.75. The summed E-state index contributed by atoms with van der Waals surface area (Å²) in [6.45, 7) is 1.62. The number of H-pyrrole nitrogens is 1. The molecule has 1 aromatic carbocycles. The molecule has 0 saturated carbocycles. The highest BCUT2D eigenvalue weighted by atomic mass is 127. The Bertz CT molecular complexity index is 822. The Labute approximate surface area is 136 Å². The monoisotopic (exact) mass is 420 g/mol. The molecule has 0 unspecified atom stereocenters. The summed E-state index contributed by atoms with van der Waals surface area (Å²) in [4.78, 5) is 14.2. The number of aryl methyl sites for hydroxylation is 1. The number of aromatic nitrogens is 1. The topological polar surface area (TPSA) is 65.9 Å². The molecule has 8 heteroatoms. The van der Waals surface area contributed by atoms with E-state index in [1.54, 1.807) is 35.6 Å². The van der Waals surface area contributed by atoms with Crippen molar-refractivity contribution in [1.29, 1.82) is 5.26 Å². The van der Waals surface area contributed by atoms with Crippen molar-refractivity contribution in [3.63, 3.8) is 0 Å². The Balaban J connectivity index is 2.63. The van der Waals surface area contributed by atoms with E-state index in [-0.39, 0.29) is 20.4 Å². The van der Waals surface area contributed by atoms with Gasteiger partial charge < -0.3 is 9.72 Å². The molecule has 0 radical (unpaired) electrons. The number of hydrogen-bond donors (Lipinski definition) is 1. The first-order chi connectivity index (χ1) is 10.2. The highest BCUT2D eigenvalue weighted by Crippen LogP contribution is 2.32. The highest BCUT2D eigenvalue weighted by molar-refractivity contribution is 14.1. The van der Waals surface area contributed by atoms with Crippen LogP contribution in [0.3, 0.4) is 0 Å². The van der Waals surface area contributed by atoms with Gasteiger partial charge in [0.1, 0.15) is 17.4 Å². The van der Waals surface area contributed by atoms with Gasteiger partial charge in [0.05, 0.1) is 3.57 Å². The molecule has 0 aliphatic carbocycles. The fourth-order valence-corrected chi connectivity index (χ4v) is 2.35. The smallest absolute Gasteiger partial charge is 0.405 e. The molecule has 0 aliphatic heterocycles. The van der Waals surface area contributed by atoms with E-state index >= 15 is 0 Å². The summed E-state index contributed by atoms with van der Waals surface area (Å²) < 4.78 is 41.4. The highest BCUT2D eigenvalue weighted by Gasteiger charge is 2.32. The fraction of sp³-hybridized carbons (Fsp3) is 0.143. The number of aromatic amines is 1. The first kappa shape index (κ1) is 16.4. The van der Waals surface area contributed by atoms with Crippen LogP contribution in [0.5, 0.6) is 5.75 Å². The maximum Gasteiger partial charge on any atom is 0.573 e. The van der Waals surface area contributed by atoms with Crippen LogP contribution in [0.4, 0.5) is 13.2 Å². The average molecular weight is 420 g/mol. The number of rotatable bonds is 2. The van der Waals surface area contributed by atoms with Gasteiger partial charge in [0.15, 0.2) is 0 Å². The molecule has 114 valence electrons. The number of hydrogen-bond acceptors (Lipinski definition) is 3. The SMILES string of the molecule is Cc1cc(-c2ccc(I)c(OC(F)(F)F)c2)c(C#N)c(=O)[nH]1. The molecule has 0 amide bonds. The largest absolute Gasteiger partial charge is 0.573 e. The first-order valence-electron chi connectivity index (χ1n) is 5.91. The van der Waals surface area contributed by atoms with E-state index in [1.807, 2.05) is 0 Å². The quantitative estimate of drug-likeness (QED) is 0.754. The number of nitriles is 1. The minimum atomic E-state index is -4.82. The average Bonchev–Trinajstić information content (AvgIpc) is 2.39. The third-order valence-corrected chi connectivity index (χ3v) is 3.64. The lowest BCUT2D eigenvalue weighted by Crippen LogP contribution is -2.18. The van der Waals surface area contributed by atoms with Crippen LogP contribution in [0, 0.1) is 21.8 Å². The molecule has 4 nitrogen and oxygen atoms in total. The molecule has 1 heterocycles. The van der Waals surface area contributed by atoms with E-state index in [4.69, 9.17) is 5.26 Å². The van der Waals surface area contributed by atoms with Gasteiger partial charge in [-0.3, -0.25) is 4.79 Å². The summed E-state index contributed by atoms with van der Waals surface area (Å²) in [6.07, 6.45) is -4.82. The van der Waals surface area contributed by atoms with Crippen molar-refractivity contribution in [2.24, 2.45) is 0 Å². The molecule has 2 aromatic rings. The summed E-state index contributed by atoms with van der Waals surface area (Å²) >= 11 is 1.71. The third kappa shape index (κ3) is 3.59. The van der Waals surface area contributed by atoms with Crippen molar-refractivity contribution in [2.45, 2.75) is 13.3 Å². The normalized spacial score (nSPS) is 11.1. The minimum absolute atomic E-state index is 0.162. The van der Waals surface area contributed by atoms with Gasteiger partial charge in [-0.2, -0.15) is 5.26 Å². The van der Waals surface area contributed by atoms with Crippen molar-refractivity contribution in [2.75, 3.05) is 0 Å². The molecule has 0 saturated heterocycles. The van der Waals surface area contributed by atoms with Crippen molar-refractivity contribution in [1.82, 2.24) is 4.98 Å². The molecule has 1 N–H and O–H groups in total. The maximum absolute atomic E-state index is 12.4. The van der Waals surface area contributed by atoms with Gasteiger partial charge in [0.25, 0.3) is 5.56 Å². The van der Waals surface area contributed by atoms with Gasteiger partial charge >= 0.3 is 6.36 Å². The Hall–Kier alpha value is -2.02. The molecule has 0 atom stereocenters. The number of nitrogens with one attached hydrogen (secondary N) is 1. The van der Waals surface area contributed by atoms with Gasteiger partial charge in [-0.25, -0.2) is 0 Å². The second-order valence-electron chi connectivity index (χ2n) is 4.37. The molecule has 1 aromatic heterocycles. The number of benzene rings is 1. The molecule has 0 fully saturated rings. The zero-order chi connectivity index (χ0) is 16.5.